The number of hydrogen-bond donors (Lipinski definition) is 2. The first-order valence-electron chi connectivity index (χ1n) is 2.28. The van der Waals surface area contributed by atoms with E-state index in [2.05, 4.69) is 31.9 Å². The van der Waals surface area contributed by atoms with Gasteiger partial charge in [-0.25, -0.2) is 0 Å². The maximum Gasteiger partial charge on any atom is 0.232 e. The Morgan fingerprint density at radius 3 is 2.22 bits per heavy atom. The molecule has 0 bridgehead atoms. The normalized spacial score (nSPS) is 16.8. The van der Waals surface area contributed by atoms with E-state index in [9.17, 15) is 4.79 Å². The topological polar surface area (TPSA) is 63.3 Å². The lowest BCUT2D eigenvalue weighted by atomic mass is 10.3. The lowest BCUT2D eigenvalue weighted by molar-refractivity contribution is -0.117. The number of carbonyl (C=O) groups excluding carboxylic acids is 1. The number of carbonyl (C=O) groups is 1. The van der Waals surface area contributed by atoms with Crippen LogP contribution in [0.5, 0.6) is 0 Å². The van der Waals surface area contributed by atoms with Gasteiger partial charge in [0.05, 0.1) is 11.4 Å². The molecule has 0 aromatic heterocycles. The van der Waals surface area contributed by atoms with Crippen molar-refractivity contribution >= 4 is 37.8 Å². The van der Waals surface area contributed by atoms with Crippen molar-refractivity contribution in [3.63, 3.8) is 0 Å². The Bertz CT molecular complexity index is 109. The molecule has 5 heteroatoms. The molecule has 0 aliphatic carbocycles. The molecule has 0 fully saturated rings. The molecule has 0 heterocycles. The fourth-order valence-electron chi connectivity index (χ4n) is 0.271. The second kappa shape index (κ2) is 4.24. The van der Waals surface area contributed by atoms with Crippen molar-refractivity contribution in [3.05, 3.63) is 0 Å². The predicted octanol–water partition coefficient (Wildman–Crippen LogP) is -0.00900. The van der Waals surface area contributed by atoms with Crippen LogP contribution in [0, 0.1) is 0 Å². The number of hydrogen-bond acceptors (Lipinski definition) is 2. The fraction of sp³-hybridized carbons (Fsp3) is 0.750. The summed E-state index contributed by atoms with van der Waals surface area (Å²) in [5.41, 5.74) is 4.89. The average Bonchev–Trinajstić information content (AvgIpc) is 1.84. The van der Waals surface area contributed by atoms with E-state index in [4.69, 9.17) is 10.8 Å². The Labute approximate surface area is 69.9 Å². The minimum Gasteiger partial charge on any atom is -0.395 e. The second-order valence-electron chi connectivity index (χ2n) is 1.50. The minimum absolute atomic E-state index is 0.112. The summed E-state index contributed by atoms with van der Waals surface area (Å²) in [6, 6.07) is 0. The number of aliphatic hydroxyl groups excluding tert-OH is 1. The summed E-state index contributed by atoms with van der Waals surface area (Å²) < 4.78 is 0. The maximum atomic E-state index is 10.3. The number of aliphatic hydroxyl groups is 1. The van der Waals surface area contributed by atoms with Crippen LogP contribution >= 0.6 is 31.9 Å². The number of amides is 1. The molecule has 3 N–H and O–H groups in total. The van der Waals surface area contributed by atoms with Crippen LogP contribution in [0.3, 0.4) is 0 Å². The van der Waals surface area contributed by atoms with Crippen molar-refractivity contribution in [1.29, 1.82) is 0 Å². The predicted molar refractivity (Wildman–Crippen MR) is 41.7 cm³/mol. The average molecular weight is 261 g/mol. The third-order valence-corrected chi connectivity index (χ3v) is 3.38. The Morgan fingerprint density at radius 2 is 2.11 bits per heavy atom. The Kier molecular flexibility index (Phi) is 4.43. The van der Waals surface area contributed by atoms with Gasteiger partial charge in [0.15, 0.2) is 0 Å². The molecule has 0 aliphatic rings. The van der Waals surface area contributed by atoms with Crippen molar-refractivity contribution in [3.8, 4) is 0 Å². The summed E-state index contributed by atoms with van der Waals surface area (Å²) in [5, 5.41) is 8.47. The summed E-state index contributed by atoms with van der Waals surface area (Å²) in [7, 11) is 0. The highest BCUT2D eigenvalue weighted by atomic mass is 79.9. The summed E-state index contributed by atoms with van der Waals surface area (Å²) in [6.07, 6.45) is 0. The molecular weight excluding hydrogens is 254 g/mol. The van der Waals surface area contributed by atoms with Gasteiger partial charge in [0.25, 0.3) is 0 Å². The van der Waals surface area contributed by atoms with E-state index < -0.39 is 10.7 Å². The number of alkyl halides is 2. The second-order valence-corrected chi connectivity index (χ2v) is 3.67. The Morgan fingerprint density at radius 1 is 1.67 bits per heavy atom. The third kappa shape index (κ3) is 3.17. The van der Waals surface area contributed by atoms with Crippen molar-refractivity contribution in [2.75, 3.05) is 6.61 Å². The monoisotopic (exact) mass is 259 g/mol. The van der Waals surface area contributed by atoms with Gasteiger partial charge in [-0.2, -0.15) is 0 Å². The zero-order valence-electron chi connectivity index (χ0n) is 4.55. The highest BCUT2D eigenvalue weighted by Gasteiger charge is 2.19. The van der Waals surface area contributed by atoms with E-state index in [1.165, 1.54) is 0 Å². The minimum atomic E-state index is -0.498. The third-order valence-electron chi connectivity index (χ3n) is 0.764. The van der Waals surface area contributed by atoms with Crippen LogP contribution in [0.2, 0.25) is 0 Å². The lowest BCUT2D eigenvalue weighted by Crippen LogP contribution is -2.32. The summed E-state index contributed by atoms with van der Waals surface area (Å²) in [5.74, 6) is -0.481. The van der Waals surface area contributed by atoms with Crippen LogP contribution in [0.25, 0.3) is 0 Å². The van der Waals surface area contributed by atoms with Gasteiger partial charge in [0.1, 0.15) is 4.83 Å². The molecule has 0 saturated heterocycles. The largest absolute Gasteiger partial charge is 0.395 e. The molecule has 54 valence electrons. The first-order chi connectivity index (χ1) is 4.09. The van der Waals surface area contributed by atoms with Gasteiger partial charge >= 0.3 is 0 Å². The van der Waals surface area contributed by atoms with Gasteiger partial charge < -0.3 is 10.8 Å². The molecule has 0 saturated carbocycles. The lowest BCUT2D eigenvalue weighted by Gasteiger charge is -2.08. The van der Waals surface area contributed by atoms with Crippen LogP contribution in [-0.2, 0) is 4.79 Å². The molecule has 2 atom stereocenters. The zero-order chi connectivity index (χ0) is 7.44. The van der Waals surface area contributed by atoms with Crippen LogP contribution < -0.4 is 5.73 Å². The summed E-state index contributed by atoms with van der Waals surface area (Å²) in [6.45, 7) is -0.112. The van der Waals surface area contributed by atoms with Crippen molar-refractivity contribution in [2.24, 2.45) is 5.73 Å². The summed E-state index contributed by atoms with van der Waals surface area (Å²) in [4.78, 5) is 9.54. The van der Waals surface area contributed by atoms with E-state index in [0.717, 1.165) is 0 Å². The van der Waals surface area contributed by atoms with Crippen LogP contribution in [-0.4, -0.2) is 27.3 Å². The van der Waals surface area contributed by atoms with E-state index in [-0.39, 0.29) is 11.4 Å². The van der Waals surface area contributed by atoms with E-state index in [1.807, 2.05) is 0 Å². The van der Waals surface area contributed by atoms with E-state index >= 15 is 0 Å². The van der Waals surface area contributed by atoms with Crippen molar-refractivity contribution < 1.29 is 9.90 Å². The summed E-state index contributed by atoms with van der Waals surface area (Å²) >= 11 is 6.03. The van der Waals surface area contributed by atoms with Gasteiger partial charge in [-0.1, -0.05) is 31.9 Å². The molecule has 0 radical (unpaired) electrons. The molecule has 9 heavy (non-hydrogen) atoms. The van der Waals surface area contributed by atoms with Crippen LogP contribution in [0.4, 0.5) is 0 Å². The zero-order valence-corrected chi connectivity index (χ0v) is 7.72. The Hall–Kier alpha value is 0.390. The number of rotatable bonds is 3. The fourth-order valence-corrected chi connectivity index (χ4v) is 0.698. The number of primary amides is 1. The van der Waals surface area contributed by atoms with E-state index in [1.54, 1.807) is 0 Å². The smallest absolute Gasteiger partial charge is 0.232 e. The molecule has 1 amide bonds. The van der Waals surface area contributed by atoms with Crippen LogP contribution in [0.15, 0.2) is 0 Å². The van der Waals surface area contributed by atoms with Gasteiger partial charge in [0, 0.05) is 0 Å². The molecular formula is C4H7Br2NO2. The first-order valence-corrected chi connectivity index (χ1v) is 4.11. The molecule has 2 unspecified atom stereocenters. The van der Waals surface area contributed by atoms with Gasteiger partial charge in [-0.15, -0.1) is 0 Å². The number of halogens is 2. The molecule has 0 aromatic carbocycles. The molecule has 0 spiro atoms. The highest BCUT2D eigenvalue weighted by molar-refractivity contribution is 9.12. The van der Waals surface area contributed by atoms with E-state index in [0.29, 0.717) is 0 Å². The standard InChI is InChI=1S/C4H7Br2NO2/c5-2(1-8)3(6)4(7)9/h2-3,8H,1H2,(H2,7,9). The van der Waals surface area contributed by atoms with Crippen molar-refractivity contribution in [2.45, 2.75) is 9.65 Å². The van der Waals surface area contributed by atoms with Gasteiger partial charge in [0.2, 0.25) is 5.91 Å². The van der Waals surface area contributed by atoms with Crippen molar-refractivity contribution in [1.82, 2.24) is 0 Å². The van der Waals surface area contributed by atoms with Gasteiger partial charge in [-0.3, -0.25) is 4.79 Å². The van der Waals surface area contributed by atoms with Gasteiger partial charge in [-0.05, 0) is 0 Å². The highest BCUT2D eigenvalue weighted by Crippen LogP contribution is 2.12. The molecule has 0 rings (SSSR count). The maximum absolute atomic E-state index is 10.3. The molecule has 3 nitrogen and oxygen atoms in total. The quantitative estimate of drug-likeness (QED) is 0.702. The van der Waals surface area contributed by atoms with Crippen LogP contribution in [0.1, 0.15) is 0 Å². The Balaban J connectivity index is 3.72. The first kappa shape index (κ1) is 9.39. The SMILES string of the molecule is NC(=O)C(Br)C(Br)CO. The number of nitrogens with two attached hydrogens (primary N) is 1. The molecule has 0 aromatic rings. The molecule has 0 aliphatic heterocycles.